The Kier molecular flexibility index (Phi) is 28.7. The van der Waals surface area contributed by atoms with Gasteiger partial charge in [-0.2, -0.15) is 0 Å². The van der Waals surface area contributed by atoms with Gasteiger partial charge in [0.1, 0.15) is 0 Å². The molecular weight excluding hydrogens is 491 g/mol. The summed E-state index contributed by atoms with van der Waals surface area (Å²) in [5, 5.41) is 33.0. The molecule has 0 aromatic heterocycles. The molecular formula is C22H41N2O5Sn-. The second-order valence-corrected chi connectivity index (χ2v) is 6.71. The molecule has 8 heteroatoms. The molecule has 1 atom stereocenters. The summed E-state index contributed by atoms with van der Waals surface area (Å²) in [6.07, 6.45) is 8.49. The average molecular weight is 532 g/mol. The molecule has 1 rings (SSSR count). The minimum atomic E-state index is -0.888. The summed E-state index contributed by atoms with van der Waals surface area (Å²) in [5.41, 5.74) is -1.05. The Hall–Kier alpha value is -1.38. The van der Waals surface area contributed by atoms with E-state index in [0.29, 0.717) is 12.5 Å². The molecule has 174 valence electrons. The van der Waals surface area contributed by atoms with E-state index in [1.807, 2.05) is 0 Å². The number of nitro benzene ring substituents is 2. The van der Waals surface area contributed by atoms with E-state index in [9.17, 15) is 25.3 Å². The SMILES string of the molecule is CCC(C)c1cc([N+](=O)[O-])cc([N+](=O)[O-])c1[O-].CCCC.CCCC.CCCC.[Sn]. The molecule has 0 bridgehead atoms. The molecule has 7 nitrogen and oxygen atoms in total. The topological polar surface area (TPSA) is 109 Å². The molecule has 0 aliphatic heterocycles. The van der Waals surface area contributed by atoms with E-state index in [2.05, 4.69) is 41.5 Å². The minimum absolute atomic E-state index is 0. The van der Waals surface area contributed by atoms with Crippen LogP contribution in [0.1, 0.15) is 112 Å². The van der Waals surface area contributed by atoms with Gasteiger partial charge in [0, 0.05) is 30.0 Å². The van der Waals surface area contributed by atoms with Crippen molar-refractivity contribution >= 4 is 35.3 Å². The first-order valence-corrected chi connectivity index (χ1v) is 10.8. The number of hydrogen-bond donors (Lipinski definition) is 0. The van der Waals surface area contributed by atoms with Gasteiger partial charge in [-0.1, -0.05) is 93.9 Å². The summed E-state index contributed by atoms with van der Waals surface area (Å²) in [6, 6.07) is 1.82. The number of benzene rings is 1. The molecule has 0 saturated carbocycles. The molecule has 0 heterocycles. The Labute approximate surface area is 199 Å². The third-order valence-corrected chi connectivity index (χ3v) is 4.13. The van der Waals surface area contributed by atoms with Crippen molar-refractivity contribution in [2.45, 2.75) is 106 Å². The normalized spacial score (nSPS) is 9.87. The van der Waals surface area contributed by atoms with Gasteiger partial charge in [0.15, 0.2) is 0 Å². The zero-order valence-electron chi connectivity index (χ0n) is 20.1. The van der Waals surface area contributed by atoms with Gasteiger partial charge in [-0.25, -0.2) is 0 Å². The Morgan fingerprint density at radius 3 is 1.37 bits per heavy atom. The predicted octanol–water partition coefficient (Wildman–Crippen LogP) is 7.13. The van der Waals surface area contributed by atoms with Gasteiger partial charge in [0.25, 0.3) is 11.4 Å². The quantitative estimate of drug-likeness (QED) is 0.211. The third kappa shape index (κ3) is 17.5. The number of non-ortho nitro benzene ring substituents is 1. The summed E-state index contributed by atoms with van der Waals surface area (Å²) >= 11 is 0. The van der Waals surface area contributed by atoms with Gasteiger partial charge < -0.3 is 5.11 Å². The van der Waals surface area contributed by atoms with Crippen LogP contribution in [0, 0.1) is 20.2 Å². The van der Waals surface area contributed by atoms with Gasteiger partial charge >= 0.3 is 0 Å². The van der Waals surface area contributed by atoms with Gasteiger partial charge in [-0.3, -0.25) is 20.2 Å². The van der Waals surface area contributed by atoms with Crippen LogP contribution in [0.3, 0.4) is 0 Å². The number of hydrogen-bond acceptors (Lipinski definition) is 5. The molecule has 0 amide bonds. The summed E-state index contributed by atoms with van der Waals surface area (Å²) < 4.78 is 0. The van der Waals surface area contributed by atoms with Crippen molar-refractivity contribution in [3.8, 4) is 5.75 Å². The first kappa shape index (κ1) is 36.0. The molecule has 1 unspecified atom stereocenters. The zero-order valence-corrected chi connectivity index (χ0v) is 23.0. The van der Waals surface area contributed by atoms with Crippen LogP contribution in [0.15, 0.2) is 12.1 Å². The maximum absolute atomic E-state index is 11.7. The largest absolute Gasteiger partial charge is 0.868 e. The van der Waals surface area contributed by atoms with Crippen LogP contribution in [-0.4, -0.2) is 33.8 Å². The van der Waals surface area contributed by atoms with E-state index < -0.39 is 27.0 Å². The van der Waals surface area contributed by atoms with Gasteiger partial charge in [0.2, 0.25) is 0 Å². The Morgan fingerprint density at radius 2 is 1.13 bits per heavy atom. The molecule has 4 radical (unpaired) electrons. The standard InChI is InChI=1S/C10H12N2O5.3C4H10.Sn/c1-3-6(2)8-4-7(11(14)15)5-9(10(8)13)12(16)17;3*1-3-4-2;/h4-6,13H,3H2,1-2H3;3*3-4H2,1-2H3;/p-1. The van der Waals surface area contributed by atoms with Crippen LogP contribution in [-0.2, 0) is 0 Å². The summed E-state index contributed by atoms with van der Waals surface area (Å²) in [6.45, 7) is 16.6. The fourth-order valence-electron chi connectivity index (χ4n) is 1.45. The third-order valence-electron chi connectivity index (χ3n) is 4.13. The Bertz CT molecular complexity index is 553. The van der Waals surface area contributed by atoms with E-state index in [0.717, 1.165) is 6.07 Å². The van der Waals surface area contributed by atoms with Crippen molar-refractivity contribution < 1.29 is 15.0 Å². The van der Waals surface area contributed by atoms with E-state index in [-0.39, 0.29) is 35.4 Å². The molecule has 0 N–H and O–H groups in total. The molecule has 0 aliphatic rings. The molecule has 0 fully saturated rings. The van der Waals surface area contributed by atoms with Crippen LogP contribution in [0.5, 0.6) is 5.75 Å². The number of nitrogens with zero attached hydrogens (tertiary/aromatic N) is 2. The maximum atomic E-state index is 11.7. The first-order chi connectivity index (χ1) is 13.6. The molecule has 0 aliphatic carbocycles. The van der Waals surface area contributed by atoms with Crippen molar-refractivity contribution in [3.63, 3.8) is 0 Å². The fraction of sp³-hybridized carbons (Fsp3) is 0.727. The fourth-order valence-corrected chi connectivity index (χ4v) is 1.45. The smallest absolute Gasteiger partial charge is 0.276 e. The van der Waals surface area contributed by atoms with Crippen molar-refractivity contribution in [1.29, 1.82) is 0 Å². The van der Waals surface area contributed by atoms with Crippen molar-refractivity contribution in [3.05, 3.63) is 37.9 Å². The van der Waals surface area contributed by atoms with Crippen molar-refractivity contribution in [2.24, 2.45) is 0 Å². The predicted molar refractivity (Wildman–Crippen MR) is 125 cm³/mol. The zero-order chi connectivity index (χ0) is 23.4. The Balaban J connectivity index is -0.000000215. The molecule has 1 aromatic rings. The van der Waals surface area contributed by atoms with Gasteiger partial charge in [-0.05, 0) is 23.7 Å². The second-order valence-electron chi connectivity index (χ2n) is 6.71. The molecule has 1 aromatic carbocycles. The number of rotatable bonds is 7. The summed E-state index contributed by atoms with van der Waals surface area (Å²) in [7, 11) is 0. The Morgan fingerprint density at radius 1 is 0.767 bits per heavy atom. The van der Waals surface area contributed by atoms with Gasteiger partial charge in [-0.15, -0.1) is 0 Å². The second kappa shape index (κ2) is 23.9. The van der Waals surface area contributed by atoms with E-state index in [4.69, 9.17) is 0 Å². The van der Waals surface area contributed by atoms with Crippen molar-refractivity contribution in [1.82, 2.24) is 0 Å². The summed E-state index contributed by atoms with van der Waals surface area (Å²) in [5.74, 6) is -0.990. The number of unbranched alkanes of at least 4 members (excludes halogenated alkanes) is 3. The van der Waals surface area contributed by atoms with Gasteiger partial charge in [0.05, 0.1) is 15.9 Å². The average Bonchev–Trinajstić information content (AvgIpc) is 2.73. The van der Waals surface area contributed by atoms with E-state index in [1.54, 1.807) is 13.8 Å². The van der Waals surface area contributed by atoms with E-state index in [1.165, 1.54) is 38.5 Å². The molecule has 30 heavy (non-hydrogen) atoms. The van der Waals surface area contributed by atoms with E-state index >= 15 is 0 Å². The maximum Gasteiger partial charge on any atom is 0.276 e. The minimum Gasteiger partial charge on any atom is -0.868 e. The molecule has 0 spiro atoms. The van der Waals surface area contributed by atoms with Crippen LogP contribution in [0.25, 0.3) is 0 Å². The monoisotopic (exact) mass is 533 g/mol. The van der Waals surface area contributed by atoms with Crippen LogP contribution >= 0.6 is 0 Å². The molecule has 0 saturated heterocycles. The number of nitro groups is 2. The van der Waals surface area contributed by atoms with Crippen LogP contribution < -0.4 is 5.11 Å². The first-order valence-electron chi connectivity index (χ1n) is 10.8. The van der Waals surface area contributed by atoms with Crippen LogP contribution in [0.4, 0.5) is 11.4 Å². The van der Waals surface area contributed by atoms with Crippen LogP contribution in [0.2, 0.25) is 0 Å². The summed E-state index contributed by atoms with van der Waals surface area (Å²) in [4.78, 5) is 19.6. The van der Waals surface area contributed by atoms with Crippen molar-refractivity contribution in [2.75, 3.05) is 0 Å².